The van der Waals surface area contributed by atoms with Crippen LogP contribution >= 0.6 is 0 Å². The molecule has 2 fully saturated rings. The van der Waals surface area contributed by atoms with E-state index in [0.717, 1.165) is 11.4 Å². The van der Waals surface area contributed by atoms with E-state index < -0.39 is 6.10 Å². The molecule has 0 N–H and O–H groups in total. The molecule has 0 saturated carbocycles. The number of benzene rings is 2. The molecule has 34 heavy (non-hydrogen) atoms. The van der Waals surface area contributed by atoms with Crippen LogP contribution in [0.15, 0.2) is 53.5 Å². The summed E-state index contributed by atoms with van der Waals surface area (Å²) in [5.41, 5.74) is 2.50. The fraction of sp³-hybridized carbons (Fsp3) is 0.292. The van der Waals surface area contributed by atoms with Crippen molar-refractivity contribution in [1.29, 1.82) is 0 Å². The van der Waals surface area contributed by atoms with Crippen molar-refractivity contribution < 1.29 is 42.4 Å². The van der Waals surface area contributed by atoms with E-state index in [2.05, 4.69) is 4.99 Å². The minimum atomic E-state index is -0.406. The van der Waals surface area contributed by atoms with E-state index in [1.807, 2.05) is 29.2 Å². The first kappa shape index (κ1) is 25.5. The zero-order valence-electron chi connectivity index (χ0n) is 19.0. The standard InChI is InChI=1S/C23H22N4O5.CH3.V/c1-24-23-26(16-8-6-15(7-9-16)25-10-11-31-14-20(25)28)12-17(32-23)13-27-21(29)18-4-2-3-5-19(18)22(27)30;;/h2-9,17H,10-14H2,1H3;1H3;/q;-1;. The van der Waals surface area contributed by atoms with Crippen LogP contribution in [0.5, 0.6) is 0 Å². The van der Waals surface area contributed by atoms with Gasteiger partial charge in [0.25, 0.3) is 23.7 Å². The second-order valence-electron chi connectivity index (χ2n) is 7.74. The largest absolute Gasteiger partial charge is 0.458 e. The summed E-state index contributed by atoms with van der Waals surface area (Å²) in [4.78, 5) is 46.5. The average Bonchev–Trinajstić information content (AvgIpc) is 3.34. The number of morpholine rings is 1. The molecule has 0 aromatic heterocycles. The fourth-order valence-electron chi connectivity index (χ4n) is 4.23. The van der Waals surface area contributed by atoms with Gasteiger partial charge in [-0.3, -0.25) is 24.2 Å². The minimum Gasteiger partial charge on any atom is -0.458 e. The summed E-state index contributed by atoms with van der Waals surface area (Å²) in [6.45, 7) is 1.71. The van der Waals surface area contributed by atoms with Gasteiger partial charge in [0.15, 0.2) is 0 Å². The molecule has 1 atom stereocenters. The van der Waals surface area contributed by atoms with Crippen LogP contribution in [0.1, 0.15) is 20.7 Å². The maximum atomic E-state index is 12.7. The molecule has 2 aromatic carbocycles. The maximum absolute atomic E-state index is 12.7. The van der Waals surface area contributed by atoms with Crippen molar-refractivity contribution in [3.8, 4) is 0 Å². The summed E-state index contributed by atoms with van der Waals surface area (Å²) < 4.78 is 11.1. The number of nitrogens with zero attached hydrogens (tertiary/aromatic N) is 4. The summed E-state index contributed by atoms with van der Waals surface area (Å²) in [7, 11) is 1.63. The van der Waals surface area contributed by atoms with Crippen LogP contribution in [0, 0.1) is 7.43 Å². The van der Waals surface area contributed by atoms with Gasteiger partial charge in [0, 0.05) is 43.5 Å². The number of ether oxygens (including phenoxy) is 2. The van der Waals surface area contributed by atoms with Crippen LogP contribution in [0.25, 0.3) is 0 Å². The molecule has 0 bridgehead atoms. The summed E-state index contributed by atoms with van der Waals surface area (Å²) in [5, 5.41) is 0. The van der Waals surface area contributed by atoms with Crippen LogP contribution in [-0.2, 0) is 32.8 Å². The van der Waals surface area contributed by atoms with E-state index >= 15 is 0 Å². The van der Waals surface area contributed by atoms with Gasteiger partial charge >= 0.3 is 0 Å². The van der Waals surface area contributed by atoms with Crippen LogP contribution in [0.2, 0.25) is 0 Å². The Kier molecular flexibility index (Phi) is 7.81. The number of amidine groups is 1. The summed E-state index contributed by atoms with van der Waals surface area (Å²) >= 11 is 0. The van der Waals surface area contributed by atoms with Crippen LogP contribution < -0.4 is 9.80 Å². The molecule has 10 heteroatoms. The smallest absolute Gasteiger partial charge is 0.292 e. The SMILES string of the molecule is CN=C1OC(CN2C(=O)c3ccccc3C2=O)CN1c1ccc(N2CCOCC2=O)cc1.[CH3-].[V]. The Morgan fingerprint density at radius 2 is 1.53 bits per heavy atom. The quantitative estimate of drug-likeness (QED) is 0.471. The topological polar surface area (TPSA) is 91.8 Å². The minimum absolute atomic E-state index is 0. The number of hydrogen-bond donors (Lipinski definition) is 0. The molecule has 3 aliphatic heterocycles. The molecule has 3 aliphatic rings. The number of hydrogen-bond acceptors (Lipinski definition) is 6. The van der Waals surface area contributed by atoms with Crippen LogP contribution in [0.3, 0.4) is 0 Å². The van der Waals surface area contributed by atoms with Gasteiger partial charge in [0.2, 0.25) is 0 Å². The van der Waals surface area contributed by atoms with Gasteiger partial charge in [-0.25, -0.2) is 4.99 Å². The fourth-order valence-corrected chi connectivity index (χ4v) is 4.23. The number of anilines is 2. The third-order valence-corrected chi connectivity index (χ3v) is 5.80. The van der Waals surface area contributed by atoms with Gasteiger partial charge in [-0.15, -0.1) is 0 Å². The van der Waals surface area contributed by atoms with Crippen molar-refractivity contribution in [1.82, 2.24) is 4.90 Å². The van der Waals surface area contributed by atoms with Gasteiger partial charge in [-0.1, -0.05) is 12.1 Å². The van der Waals surface area contributed by atoms with Crippen LogP contribution in [-0.4, -0.2) is 74.6 Å². The summed E-state index contributed by atoms with van der Waals surface area (Å²) in [6, 6.07) is 14.8. The van der Waals surface area contributed by atoms with Gasteiger partial charge in [-0.2, -0.15) is 0 Å². The van der Waals surface area contributed by atoms with Crippen molar-refractivity contribution >= 4 is 35.1 Å². The first-order valence-corrected chi connectivity index (χ1v) is 10.4. The van der Waals surface area contributed by atoms with Crippen molar-refractivity contribution in [3.63, 3.8) is 0 Å². The Balaban J connectivity index is 0.00000162. The van der Waals surface area contributed by atoms with Gasteiger partial charge in [0.05, 0.1) is 30.8 Å². The second kappa shape index (κ2) is 10.4. The van der Waals surface area contributed by atoms with E-state index in [-0.39, 0.29) is 56.9 Å². The van der Waals surface area contributed by atoms with E-state index in [0.29, 0.717) is 36.8 Å². The average molecular weight is 500 g/mol. The van der Waals surface area contributed by atoms with E-state index in [1.165, 1.54) is 4.90 Å². The van der Waals surface area contributed by atoms with Crippen molar-refractivity contribution in [2.75, 3.05) is 49.7 Å². The number of imide groups is 1. The number of aliphatic imine (C=N–C) groups is 1. The predicted octanol–water partition coefficient (Wildman–Crippen LogP) is 1.98. The first-order valence-electron chi connectivity index (χ1n) is 10.4. The molecular formula is C24H25N4O5V-. The Morgan fingerprint density at radius 3 is 2.09 bits per heavy atom. The Bertz CT molecular complexity index is 1090. The third-order valence-electron chi connectivity index (χ3n) is 5.80. The van der Waals surface area contributed by atoms with Gasteiger partial charge in [0.1, 0.15) is 12.7 Å². The van der Waals surface area contributed by atoms with Crippen molar-refractivity contribution in [3.05, 3.63) is 67.1 Å². The molecule has 2 aromatic rings. The zero-order chi connectivity index (χ0) is 22.2. The summed E-state index contributed by atoms with van der Waals surface area (Å²) in [5.74, 6) is -0.672. The Morgan fingerprint density at radius 1 is 0.941 bits per heavy atom. The number of amides is 3. The maximum Gasteiger partial charge on any atom is 0.292 e. The molecule has 0 aliphatic carbocycles. The first-order chi connectivity index (χ1) is 15.6. The van der Waals surface area contributed by atoms with Crippen molar-refractivity contribution in [2.45, 2.75) is 6.10 Å². The van der Waals surface area contributed by atoms with Gasteiger partial charge in [-0.05, 0) is 36.4 Å². The number of carbonyl (C=O) groups excluding carboxylic acids is 3. The summed E-state index contributed by atoms with van der Waals surface area (Å²) in [6.07, 6.45) is -0.406. The third kappa shape index (κ3) is 4.46. The van der Waals surface area contributed by atoms with Crippen molar-refractivity contribution in [2.24, 2.45) is 4.99 Å². The predicted molar refractivity (Wildman–Crippen MR) is 123 cm³/mol. The molecule has 1 radical (unpaired) electrons. The number of carbonyl (C=O) groups is 3. The molecule has 177 valence electrons. The molecular weight excluding hydrogens is 475 g/mol. The van der Waals surface area contributed by atoms with Crippen LogP contribution in [0.4, 0.5) is 11.4 Å². The normalized spacial score (nSPS) is 20.7. The zero-order valence-corrected chi connectivity index (χ0v) is 20.4. The Labute approximate surface area is 210 Å². The molecule has 3 amide bonds. The Hall–Kier alpha value is -3.14. The molecule has 2 saturated heterocycles. The monoisotopic (exact) mass is 500 g/mol. The number of fused-ring (bicyclic) bond motifs is 1. The molecule has 5 rings (SSSR count). The van der Waals surface area contributed by atoms with E-state index in [4.69, 9.17) is 9.47 Å². The van der Waals surface area contributed by atoms with E-state index in [9.17, 15) is 14.4 Å². The van der Waals surface area contributed by atoms with E-state index in [1.54, 1.807) is 36.2 Å². The van der Waals surface area contributed by atoms with Gasteiger partial charge < -0.3 is 21.8 Å². The number of rotatable bonds is 4. The molecule has 1 unspecified atom stereocenters. The molecule has 3 heterocycles. The second-order valence-corrected chi connectivity index (χ2v) is 7.74. The molecule has 0 spiro atoms. The molecule has 9 nitrogen and oxygen atoms in total.